The number of nitrogens with zero attached hydrogens (tertiary/aromatic N) is 1. The van der Waals surface area contributed by atoms with Crippen LogP contribution in [0.5, 0.6) is 0 Å². The highest BCUT2D eigenvalue weighted by atomic mass is 35.5. The Morgan fingerprint density at radius 2 is 2.00 bits per heavy atom. The van der Waals surface area contributed by atoms with E-state index < -0.39 is 0 Å². The minimum Gasteiger partial charge on any atom is -0.385 e. The van der Waals surface area contributed by atoms with E-state index >= 15 is 0 Å². The Balaban J connectivity index is 2.13. The van der Waals surface area contributed by atoms with Crippen molar-refractivity contribution in [3.63, 3.8) is 0 Å². The molecular weight excluding hydrogens is 260 g/mol. The molecule has 0 aliphatic rings. The zero-order valence-corrected chi connectivity index (χ0v) is 11.6. The summed E-state index contributed by atoms with van der Waals surface area (Å²) in [7, 11) is 1.71. The van der Waals surface area contributed by atoms with Crippen LogP contribution < -0.4 is 5.32 Å². The number of methoxy groups -OCH3 is 1. The molecule has 0 radical (unpaired) electrons. The Hall–Kier alpha value is -1.58. The molecule has 0 saturated carbocycles. The first-order valence-electron chi connectivity index (χ1n) is 6.21. The molecule has 100 valence electrons. The largest absolute Gasteiger partial charge is 0.385 e. The summed E-state index contributed by atoms with van der Waals surface area (Å²) < 4.78 is 5.17. The SMILES string of the molecule is COCCC(Nc1ccccn1)c1ccc(Cl)cc1. The Morgan fingerprint density at radius 1 is 1.21 bits per heavy atom. The molecule has 1 aromatic carbocycles. The number of rotatable bonds is 6. The molecule has 0 spiro atoms. The standard InChI is InChI=1S/C15H17ClN2O/c1-19-11-9-14(12-5-7-13(16)8-6-12)18-15-4-2-3-10-17-15/h2-8,10,14H,9,11H2,1H3,(H,17,18). The number of anilines is 1. The van der Waals surface area contributed by atoms with Gasteiger partial charge in [-0.25, -0.2) is 4.98 Å². The maximum absolute atomic E-state index is 5.92. The number of hydrogen-bond acceptors (Lipinski definition) is 3. The van der Waals surface area contributed by atoms with E-state index in [1.807, 2.05) is 42.5 Å². The summed E-state index contributed by atoms with van der Waals surface area (Å²) in [5.74, 6) is 0.860. The molecule has 1 unspecified atom stereocenters. The fourth-order valence-electron chi connectivity index (χ4n) is 1.88. The van der Waals surface area contributed by atoms with Gasteiger partial charge in [0.15, 0.2) is 0 Å². The zero-order valence-electron chi connectivity index (χ0n) is 10.8. The fourth-order valence-corrected chi connectivity index (χ4v) is 2.01. The average molecular weight is 277 g/mol. The molecule has 0 aliphatic heterocycles. The van der Waals surface area contributed by atoms with Crippen LogP contribution >= 0.6 is 11.6 Å². The second-order valence-electron chi connectivity index (χ2n) is 4.24. The number of benzene rings is 1. The van der Waals surface area contributed by atoms with E-state index in [1.54, 1.807) is 13.3 Å². The van der Waals surface area contributed by atoms with Gasteiger partial charge in [-0.1, -0.05) is 29.8 Å². The summed E-state index contributed by atoms with van der Waals surface area (Å²) in [6.07, 6.45) is 2.65. The first-order chi connectivity index (χ1) is 9.29. The van der Waals surface area contributed by atoms with Crippen LogP contribution in [0.25, 0.3) is 0 Å². The van der Waals surface area contributed by atoms with Crippen molar-refractivity contribution in [3.8, 4) is 0 Å². The molecule has 1 aromatic heterocycles. The summed E-state index contributed by atoms with van der Waals surface area (Å²) in [5, 5.41) is 4.16. The van der Waals surface area contributed by atoms with Crippen molar-refractivity contribution in [3.05, 3.63) is 59.2 Å². The predicted molar refractivity (Wildman–Crippen MR) is 78.5 cm³/mol. The minimum absolute atomic E-state index is 0.159. The summed E-state index contributed by atoms with van der Waals surface area (Å²) in [6, 6.07) is 13.8. The predicted octanol–water partition coefficient (Wildman–Crippen LogP) is 3.92. The molecule has 1 heterocycles. The number of pyridine rings is 1. The number of ether oxygens (including phenoxy) is 1. The van der Waals surface area contributed by atoms with Crippen LogP contribution in [-0.4, -0.2) is 18.7 Å². The molecular formula is C15H17ClN2O. The van der Waals surface area contributed by atoms with Gasteiger partial charge in [-0.3, -0.25) is 0 Å². The average Bonchev–Trinajstić information content (AvgIpc) is 2.45. The van der Waals surface area contributed by atoms with Crippen molar-refractivity contribution in [2.24, 2.45) is 0 Å². The number of hydrogen-bond donors (Lipinski definition) is 1. The van der Waals surface area contributed by atoms with Crippen LogP contribution in [0.3, 0.4) is 0 Å². The molecule has 0 bridgehead atoms. The van der Waals surface area contributed by atoms with Crippen molar-refractivity contribution >= 4 is 17.4 Å². The van der Waals surface area contributed by atoms with E-state index in [0.717, 1.165) is 17.3 Å². The van der Waals surface area contributed by atoms with Crippen molar-refractivity contribution in [1.82, 2.24) is 4.98 Å². The van der Waals surface area contributed by atoms with Gasteiger partial charge in [-0.15, -0.1) is 0 Å². The first kappa shape index (κ1) is 13.8. The lowest BCUT2D eigenvalue weighted by molar-refractivity contribution is 0.190. The van der Waals surface area contributed by atoms with Gasteiger partial charge in [-0.2, -0.15) is 0 Å². The normalized spacial score (nSPS) is 12.1. The molecule has 0 saturated heterocycles. The van der Waals surface area contributed by atoms with Gasteiger partial charge in [0.25, 0.3) is 0 Å². The van der Waals surface area contributed by atoms with Gasteiger partial charge in [0.1, 0.15) is 5.82 Å². The van der Waals surface area contributed by atoms with E-state index in [-0.39, 0.29) is 6.04 Å². The monoisotopic (exact) mass is 276 g/mol. The quantitative estimate of drug-likeness (QED) is 0.868. The summed E-state index contributed by atoms with van der Waals surface area (Å²) in [6.45, 7) is 0.688. The first-order valence-corrected chi connectivity index (χ1v) is 6.59. The van der Waals surface area contributed by atoms with Crippen LogP contribution in [0.2, 0.25) is 5.02 Å². The smallest absolute Gasteiger partial charge is 0.126 e. The van der Waals surface area contributed by atoms with Gasteiger partial charge in [0.05, 0.1) is 6.04 Å². The van der Waals surface area contributed by atoms with Gasteiger partial charge >= 0.3 is 0 Å². The van der Waals surface area contributed by atoms with Crippen LogP contribution in [0, 0.1) is 0 Å². The molecule has 0 aliphatic carbocycles. The summed E-state index contributed by atoms with van der Waals surface area (Å²) in [5.41, 5.74) is 1.17. The van der Waals surface area contributed by atoms with Gasteiger partial charge in [0, 0.05) is 24.9 Å². The molecule has 4 heteroatoms. The lowest BCUT2D eigenvalue weighted by atomic mass is 10.0. The summed E-state index contributed by atoms with van der Waals surface area (Å²) in [4.78, 5) is 4.29. The van der Waals surface area contributed by atoms with E-state index in [2.05, 4.69) is 10.3 Å². The lowest BCUT2D eigenvalue weighted by Gasteiger charge is -2.19. The van der Waals surface area contributed by atoms with Gasteiger partial charge < -0.3 is 10.1 Å². The van der Waals surface area contributed by atoms with Crippen molar-refractivity contribution in [1.29, 1.82) is 0 Å². The van der Waals surface area contributed by atoms with Crippen LogP contribution in [0.15, 0.2) is 48.7 Å². The maximum atomic E-state index is 5.92. The van der Waals surface area contributed by atoms with Crippen LogP contribution in [0.1, 0.15) is 18.0 Å². The van der Waals surface area contributed by atoms with Gasteiger partial charge in [0.2, 0.25) is 0 Å². The maximum Gasteiger partial charge on any atom is 0.126 e. The second kappa shape index (κ2) is 7.12. The van der Waals surface area contributed by atoms with E-state index in [1.165, 1.54) is 5.56 Å². The minimum atomic E-state index is 0.159. The van der Waals surface area contributed by atoms with E-state index in [4.69, 9.17) is 16.3 Å². The molecule has 1 N–H and O–H groups in total. The third-order valence-corrected chi connectivity index (χ3v) is 3.12. The van der Waals surface area contributed by atoms with Crippen LogP contribution in [-0.2, 0) is 4.74 Å². The Labute approximate surface area is 118 Å². The zero-order chi connectivity index (χ0) is 13.5. The number of nitrogens with one attached hydrogen (secondary N) is 1. The lowest BCUT2D eigenvalue weighted by Crippen LogP contribution is -2.13. The summed E-state index contributed by atoms with van der Waals surface area (Å²) >= 11 is 5.92. The molecule has 0 fully saturated rings. The molecule has 0 amide bonds. The molecule has 2 rings (SSSR count). The molecule has 3 nitrogen and oxygen atoms in total. The second-order valence-corrected chi connectivity index (χ2v) is 4.68. The van der Waals surface area contributed by atoms with Crippen LogP contribution in [0.4, 0.5) is 5.82 Å². The Bertz CT molecular complexity index is 487. The highest BCUT2D eigenvalue weighted by Crippen LogP contribution is 2.23. The van der Waals surface area contributed by atoms with Crippen molar-refractivity contribution in [2.45, 2.75) is 12.5 Å². The third-order valence-electron chi connectivity index (χ3n) is 2.87. The fraction of sp³-hybridized carbons (Fsp3) is 0.267. The van der Waals surface area contributed by atoms with Crippen molar-refractivity contribution < 1.29 is 4.74 Å². The topological polar surface area (TPSA) is 34.1 Å². The van der Waals surface area contributed by atoms with Gasteiger partial charge in [-0.05, 0) is 36.2 Å². The molecule has 2 aromatic rings. The highest BCUT2D eigenvalue weighted by Gasteiger charge is 2.11. The third kappa shape index (κ3) is 4.23. The number of aromatic nitrogens is 1. The van der Waals surface area contributed by atoms with E-state index in [9.17, 15) is 0 Å². The molecule has 19 heavy (non-hydrogen) atoms. The highest BCUT2D eigenvalue weighted by molar-refractivity contribution is 6.30. The molecule has 1 atom stereocenters. The number of halogens is 1. The Kier molecular flexibility index (Phi) is 5.19. The van der Waals surface area contributed by atoms with E-state index in [0.29, 0.717) is 6.61 Å². The Morgan fingerprint density at radius 3 is 2.63 bits per heavy atom. The van der Waals surface area contributed by atoms with Crippen molar-refractivity contribution in [2.75, 3.05) is 19.0 Å².